The molecular weight excluding hydrogens is 234 g/mol. The van der Waals surface area contributed by atoms with E-state index in [4.69, 9.17) is 15.6 Å². The van der Waals surface area contributed by atoms with E-state index in [-0.39, 0.29) is 12.2 Å². The quantitative estimate of drug-likeness (QED) is 0.641. The van der Waals surface area contributed by atoms with Gasteiger partial charge in [-0.1, -0.05) is 19.4 Å². The SMILES string of the molecule is CCCCOc1ccc(C[C@H](N)C(=O)O)cc1O. The van der Waals surface area contributed by atoms with E-state index >= 15 is 0 Å². The van der Waals surface area contributed by atoms with Crippen LogP contribution in [0.5, 0.6) is 11.5 Å². The first-order valence-electron chi connectivity index (χ1n) is 5.97. The number of unbranched alkanes of at least 4 members (excludes halogenated alkanes) is 1. The van der Waals surface area contributed by atoms with Gasteiger partial charge in [0.2, 0.25) is 0 Å². The highest BCUT2D eigenvalue weighted by Crippen LogP contribution is 2.27. The molecule has 1 aromatic carbocycles. The molecule has 0 unspecified atom stereocenters. The molecule has 0 aliphatic rings. The van der Waals surface area contributed by atoms with Crippen LogP contribution < -0.4 is 10.5 Å². The largest absolute Gasteiger partial charge is 0.504 e. The van der Waals surface area contributed by atoms with Gasteiger partial charge in [-0.05, 0) is 30.5 Å². The fourth-order valence-electron chi connectivity index (χ4n) is 1.48. The molecular formula is C13H19NO4. The summed E-state index contributed by atoms with van der Waals surface area (Å²) in [6.45, 7) is 2.61. The Labute approximate surface area is 106 Å². The van der Waals surface area contributed by atoms with Gasteiger partial charge in [0.1, 0.15) is 6.04 Å². The highest BCUT2D eigenvalue weighted by Gasteiger charge is 2.13. The molecule has 0 aliphatic carbocycles. The zero-order valence-corrected chi connectivity index (χ0v) is 10.4. The third kappa shape index (κ3) is 4.25. The number of carboxylic acids is 1. The number of phenolic OH excluding ortho intramolecular Hbond substituents is 1. The zero-order chi connectivity index (χ0) is 13.5. The second-order valence-electron chi connectivity index (χ2n) is 4.15. The van der Waals surface area contributed by atoms with Crippen LogP contribution in [0, 0.1) is 0 Å². The number of ether oxygens (including phenoxy) is 1. The van der Waals surface area contributed by atoms with E-state index in [1.807, 2.05) is 0 Å². The van der Waals surface area contributed by atoms with Gasteiger partial charge in [0, 0.05) is 0 Å². The number of nitrogens with two attached hydrogens (primary N) is 1. The van der Waals surface area contributed by atoms with E-state index in [1.165, 1.54) is 6.07 Å². The third-order valence-electron chi connectivity index (χ3n) is 2.55. The lowest BCUT2D eigenvalue weighted by Crippen LogP contribution is -2.32. The minimum Gasteiger partial charge on any atom is -0.504 e. The Balaban J connectivity index is 2.64. The van der Waals surface area contributed by atoms with Gasteiger partial charge in [-0.15, -0.1) is 0 Å². The smallest absolute Gasteiger partial charge is 0.320 e. The van der Waals surface area contributed by atoms with Crippen molar-refractivity contribution in [3.63, 3.8) is 0 Å². The van der Waals surface area contributed by atoms with E-state index in [1.54, 1.807) is 12.1 Å². The second-order valence-corrected chi connectivity index (χ2v) is 4.15. The minimum atomic E-state index is -1.06. The molecule has 18 heavy (non-hydrogen) atoms. The van der Waals surface area contributed by atoms with Crippen molar-refractivity contribution in [3.05, 3.63) is 23.8 Å². The van der Waals surface area contributed by atoms with Crippen molar-refractivity contribution in [2.45, 2.75) is 32.2 Å². The molecule has 1 rings (SSSR count). The Bertz CT molecular complexity index is 406. The molecule has 0 saturated carbocycles. The van der Waals surface area contributed by atoms with Crippen LogP contribution in [0.2, 0.25) is 0 Å². The first-order valence-corrected chi connectivity index (χ1v) is 5.97. The van der Waals surface area contributed by atoms with E-state index in [9.17, 15) is 9.90 Å². The Kier molecular flexibility index (Phi) is 5.45. The number of carboxylic acid groups (broad SMARTS) is 1. The Morgan fingerprint density at radius 3 is 2.78 bits per heavy atom. The van der Waals surface area contributed by atoms with E-state index in [2.05, 4.69) is 6.92 Å². The van der Waals surface area contributed by atoms with E-state index in [0.717, 1.165) is 12.8 Å². The van der Waals surface area contributed by atoms with Crippen LogP contribution in [0.3, 0.4) is 0 Å². The predicted molar refractivity (Wildman–Crippen MR) is 67.8 cm³/mol. The Morgan fingerprint density at radius 1 is 1.50 bits per heavy atom. The van der Waals surface area contributed by atoms with Gasteiger partial charge in [-0.2, -0.15) is 0 Å². The summed E-state index contributed by atoms with van der Waals surface area (Å²) in [6.07, 6.45) is 2.12. The Morgan fingerprint density at radius 2 is 2.22 bits per heavy atom. The third-order valence-corrected chi connectivity index (χ3v) is 2.55. The molecule has 100 valence electrons. The summed E-state index contributed by atoms with van der Waals surface area (Å²) in [5.41, 5.74) is 6.09. The number of hydrogen-bond acceptors (Lipinski definition) is 4. The molecule has 0 amide bonds. The standard InChI is InChI=1S/C13H19NO4/c1-2-3-6-18-12-5-4-9(8-11(12)15)7-10(14)13(16)17/h4-5,8,10,15H,2-3,6-7,14H2,1H3,(H,16,17)/t10-/m0/s1. The molecule has 0 spiro atoms. The molecule has 0 heterocycles. The molecule has 0 aromatic heterocycles. The minimum absolute atomic E-state index is 0.0150. The van der Waals surface area contributed by atoms with Gasteiger partial charge < -0.3 is 20.7 Å². The lowest BCUT2D eigenvalue weighted by molar-refractivity contribution is -0.138. The number of benzene rings is 1. The van der Waals surface area contributed by atoms with Crippen LogP contribution in [0.4, 0.5) is 0 Å². The molecule has 5 nitrogen and oxygen atoms in total. The summed E-state index contributed by atoms with van der Waals surface area (Å²) >= 11 is 0. The number of aliphatic carboxylic acids is 1. The van der Waals surface area contributed by atoms with Gasteiger partial charge in [-0.3, -0.25) is 4.79 Å². The van der Waals surface area contributed by atoms with Crippen molar-refractivity contribution in [3.8, 4) is 11.5 Å². The Hall–Kier alpha value is -1.75. The van der Waals surface area contributed by atoms with Crippen LogP contribution in [0.1, 0.15) is 25.3 Å². The summed E-state index contributed by atoms with van der Waals surface area (Å²) in [4.78, 5) is 10.6. The number of rotatable bonds is 7. The van der Waals surface area contributed by atoms with Crippen LogP contribution in [0.15, 0.2) is 18.2 Å². The van der Waals surface area contributed by atoms with E-state index < -0.39 is 12.0 Å². The maximum Gasteiger partial charge on any atom is 0.320 e. The van der Waals surface area contributed by atoms with Gasteiger partial charge in [0.15, 0.2) is 11.5 Å². The normalized spacial score (nSPS) is 12.1. The summed E-state index contributed by atoms with van der Waals surface area (Å²) in [5, 5.41) is 18.4. The van der Waals surface area contributed by atoms with Gasteiger partial charge in [0.25, 0.3) is 0 Å². The van der Waals surface area contributed by atoms with Crippen molar-refractivity contribution in [2.75, 3.05) is 6.61 Å². The van der Waals surface area contributed by atoms with E-state index in [0.29, 0.717) is 17.9 Å². The molecule has 0 aliphatic heterocycles. The lowest BCUT2D eigenvalue weighted by atomic mass is 10.1. The summed E-state index contributed by atoms with van der Waals surface area (Å²) in [5.74, 6) is -0.630. The molecule has 0 saturated heterocycles. The number of carbonyl (C=O) groups is 1. The fourth-order valence-corrected chi connectivity index (χ4v) is 1.48. The maximum absolute atomic E-state index is 10.6. The second kappa shape index (κ2) is 6.86. The molecule has 4 N–H and O–H groups in total. The van der Waals surface area contributed by atoms with Crippen molar-refractivity contribution in [2.24, 2.45) is 5.73 Å². The zero-order valence-electron chi connectivity index (χ0n) is 10.4. The molecule has 5 heteroatoms. The van der Waals surface area contributed by atoms with Crippen LogP contribution in [0.25, 0.3) is 0 Å². The molecule has 1 atom stereocenters. The van der Waals surface area contributed by atoms with Gasteiger partial charge >= 0.3 is 5.97 Å². The number of hydrogen-bond donors (Lipinski definition) is 3. The summed E-state index contributed by atoms with van der Waals surface area (Å²) in [7, 11) is 0. The van der Waals surface area contributed by atoms with Crippen LogP contribution in [-0.2, 0) is 11.2 Å². The van der Waals surface area contributed by atoms with Crippen molar-refractivity contribution in [1.82, 2.24) is 0 Å². The lowest BCUT2D eigenvalue weighted by Gasteiger charge is -2.10. The van der Waals surface area contributed by atoms with Gasteiger partial charge in [0.05, 0.1) is 6.61 Å². The highest BCUT2D eigenvalue weighted by molar-refractivity contribution is 5.73. The molecule has 0 fully saturated rings. The van der Waals surface area contributed by atoms with Crippen LogP contribution >= 0.6 is 0 Å². The monoisotopic (exact) mass is 253 g/mol. The molecule has 1 aromatic rings. The average Bonchev–Trinajstić information content (AvgIpc) is 2.32. The number of aromatic hydroxyl groups is 1. The molecule has 0 bridgehead atoms. The highest BCUT2D eigenvalue weighted by atomic mass is 16.5. The van der Waals surface area contributed by atoms with Crippen molar-refractivity contribution in [1.29, 1.82) is 0 Å². The van der Waals surface area contributed by atoms with Crippen molar-refractivity contribution < 1.29 is 19.7 Å². The van der Waals surface area contributed by atoms with Gasteiger partial charge in [-0.25, -0.2) is 0 Å². The number of phenols is 1. The van der Waals surface area contributed by atoms with Crippen molar-refractivity contribution >= 4 is 5.97 Å². The fraction of sp³-hybridized carbons (Fsp3) is 0.462. The molecule has 0 radical (unpaired) electrons. The first kappa shape index (κ1) is 14.3. The predicted octanol–water partition coefficient (Wildman–Crippen LogP) is 1.53. The summed E-state index contributed by atoms with van der Waals surface area (Å²) < 4.78 is 5.39. The maximum atomic E-state index is 10.6. The first-order chi connectivity index (χ1) is 8.54. The topological polar surface area (TPSA) is 92.8 Å². The summed E-state index contributed by atoms with van der Waals surface area (Å²) in [6, 6.07) is 3.87. The average molecular weight is 253 g/mol. The van der Waals surface area contributed by atoms with Crippen LogP contribution in [-0.4, -0.2) is 28.8 Å².